The fraction of sp³-hybridized carbons (Fsp3) is 0.600. The lowest BCUT2D eigenvalue weighted by atomic mass is 10.3. The molecule has 1 aliphatic heterocycles. The van der Waals surface area contributed by atoms with Gasteiger partial charge in [0.05, 0.1) is 18.6 Å². The zero-order valence-electron chi connectivity index (χ0n) is 9.43. The van der Waals surface area contributed by atoms with Gasteiger partial charge in [-0.05, 0) is 19.1 Å². The minimum absolute atomic E-state index is 0.0500. The minimum atomic E-state index is -3.37. The van der Waals surface area contributed by atoms with Gasteiger partial charge in [-0.25, -0.2) is 8.42 Å². The number of hydrogen-bond acceptors (Lipinski definition) is 4. The largest absolute Gasteiger partial charge is 0.376 e. The smallest absolute Gasteiger partial charge is 0.252 e. The van der Waals surface area contributed by atoms with Crippen molar-refractivity contribution in [3.8, 4) is 0 Å². The van der Waals surface area contributed by atoms with Gasteiger partial charge < -0.3 is 4.74 Å². The van der Waals surface area contributed by atoms with Gasteiger partial charge in [0, 0.05) is 18.0 Å². The van der Waals surface area contributed by atoms with Gasteiger partial charge in [0.25, 0.3) is 10.0 Å². The van der Waals surface area contributed by atoms with Gasteiger partial charge >= 0.3 is 0 Å². The molecule has 1 aliphatic rings. The van der Waals surface area contributed by atoms with Crippen LogP contribution in [0.5, 0.6) is 0 Å². The summed E-state index contributed by atoms with van der Waals surface area (Å²) in [5.41, 5.74) is 0. The predicted molar refractivity (Wildman–Crippen MR) is 68.0 cm³/mol. The molecule has 0 aromatic carbocycles. The summed E-state index contributed by atoms with van der Waals surface area (Å²) in [4.78, 5) is 0.867. The summed E-state index contributed by atoms with van der Waals surface area (Å²) in [7, 11) is -3.37. The average Bonchev–Trinajstić information content (AvgIpc) is 2.78. The Balaban J connectivity index is 2.23. The maximum atomic E-state index is 12.3. The van der Waals surface area contributed by atoms with E-state index >= 15 is 0 Å². The highest BCUT2D eigenvalue weighted by Crippen LogP contribution is 2.26. The fourth-order valence-corrected chi connectivity index (χ4v) is 4.81. The standard InChI is InChI=1S/C10H14ClNO3S2/c1-8-7-12(4-5-15-8)17(13,14)10-3-2-9(6-11)16-10/h2-3,8H,4-7H2,1H3. The van der Waals surface area contributed by atoms with Crippen LogP contribution in [0.15, 0.2) is 16.3 Å². The summed E-state index contributed by atoms with van der Waals surface area (Å²) < 4.78 is 31.8. The number of hydrogen-bond donors (Lipinski definition) is 0. The van der Waals surface area contributed by atoms with Crippen LogP contribution in [0.2, 0.25) is 0 Å². The Kier molecular flexibility index (Phi) is 4.10. The normalized spacial score (nSPS) is 22.8. The number of alkyl halides is 1. The van der Waals surface area contributed by atoms with Crippen LogP contribution in [0.3, 0.4) is 0 Å². The zero-order chi connectivity index (χ0) is 12.5. The Bertz CT molecular complexity index is 485. The van der Waals surface area contributed by atoms with E-state index in [-0.39, 0.29) is 6.10 Å². The van der Waals surface area contributed by atoms with E-state index < -0.39 is 10.0 Å². The van der Waals surface area contributed by atoms with Gasteiger partial charge in [-0.3, -0.25) is 0 Å². The molecule has 0 aliphatic carbocycles. The minimum Gasteiger partial charge on any atom is -0.376 e. The Labute approximate surface area is 110 Å². The highest BCUT2D eigenvalue weighted by atomic mass is 35.5. The van der Waals surface area contributed by atoms with Crippen LogP contribution in [-0.2, 0) is 20.6 Å². The molecule has 2 heterocycles. The van der Waals surface area contributed by atoms with Crippen LogP contribution in [0.25, 0.3) is 0 Å². The molecule has 1 atom stereocenters. The number of halogens is 1. The number of ether oxygens (including phenoxy) is 1. The number of rotatable bonds is 3. The van der Waals surface area contributed by atoms with Gasteiger partial charge in [-0.1, -0.05) is 0 Å². The molecule has 0 amide bonds. The van der Waals surface area contributed by atoms with E-state index in [4.69, 9.17) is 16.3 Å². The van der Waals surface area contributed by atoms with E-state index in [1.165, 1.54) is 15.6 Å². The lowest BCUT2D eigenvalue weighted by molar-refractivity contribution is 0.0102. The predicted octanol–water partition coefficient (Wildman–Crippen LogP) is 1.90. The molecule has 1 unspecified atom stereocenters. The summed E-state index contributed by atoms with van der Waals surface area (Å²) in [6.45, 7) is 3.16. The molecule has 96 valence electrons. The second-order valence-electron chi connectivity index (χ2n) is 3.90. The molecule has 4 nitrogen and oxygen atoms in total. The molecule has 0 spiro atoms. The first kappa shape index (κ1) is 13.3. The van der Waals surface area contributed by atoms with Crippen molar-refractivity contribution in [3.05, 3.63) is 17.0 Å². The lowest BCUT2D eigenvalue weighted by Crippen LogP contribution is -2.44. The van der Waals surface area contributed by atoms with Gasteiger partial charge in [-0.15, -0.1) is 22.9 Å². The van der Waals surface area contributed by atoms with Crippen LogP contribution in [0, 0.1) is 0 Å². The molecule has 0 radical (unpaired) electrons. The summed E-state index contributed by atoms with van der Waals surface area (Å²) >= 11 is 6.91. The van der Waals surface area contributed by atoms with E-state index in [2.05, 4.69) is 0 Å². The van der Waals surface area contributed by atoms with E-state index in [0.29, 0.717) is 29.8 Å². The molecular weight excluding hydrogens is 282 g/mol. The topological polar surface area (TPSA) is 46.6 Å². The molecule has 17 heavy (non-hydrogen) atoms. The summed E-state index contributed by atoms with van der Waals surface area (Å²) in [5, 5.41) is 0. The molecule has 2 rings (SSSR count). The molecule has 7 heteroatoms. The maximum Gasteiger partial charge on any atom is 0.252 e. The fourth-order valence-electron chi connectivity index (χ4n) is 1.70. The van der Waals surface area contributed by atoms with E-state index in [1.807, 2.05) is 6.92 Å². The summed E-state index contributed by atoms with van der Waals surface area (Å²) in [6, 6.07) is 3.38. The molecule has 1 aromatic heterocycles. The number of thiophene rings is 1. The monoisotopic (exact) mass is 295 g/mol. The van der Waals surface area contributed by atoms with E-state index in [9.17, 15) is 8.42 Å². The Hall–Kier alpha value is -0.140. The third-order valence-corrected chi connectivity index (χ3v) is 6.43. The molecule has 1 fully saturated rings. The van der Waals surface area contributed by atoms with Gasteiger partial charge in [0.1, 0.15) is 4.21 Å². The molecular formula is C10H14ClNO3S2. The first-order valence-electron chi connectivity index (χ1n) is 5.30. The van der Waals surface area contributed by atoms with Crippen LogP contribution in [-0.4, -0.2) is 38.5 Å². The van der Waals surface area contributed by atoms with Crippen molar-refractivity contribution in [1.29, 1.82) is 0 Å². The van der Waals surface area contributed by atoms with Crippen molar-refractivity contribution >= 4 is 33.0 Å². The van der Waals surface area contributed by atoms with Crippen LogP contribution >= 0.6 is 22.9 Å². The van der Waals surface area contributed by atoms with Crippen molar-refractivity contribution in [3.63, 3.8) is 0 Å². The number of nitrogens with zero attached hydrogens (tertiary/aromatic N) is 1. The Morgan fingerprint density at radius 3 is 2.94 bits per heavy atom. The average molecular weight is 296 g/mol. The molecule has 0 N–H and O–H groups in total. The van der Waals surface area contributed by atoms with E-state index in [0.717, 1.165) is 4.88 Å². The lowest BCUT2D eigenvalue weighted by Gasteiger charge is -2.29. The van der Waals surface area contributed by atoms with Crippen molar-refractivity contribution < 1.29 is 13.2 Å². The molecule has 0 bridgehead atoms. The second-order valence-corrected chi connectivity index (χ2v) is 7.50. The Morgan fingerprint density at radius 2 is 2.35 bits per heavy atom. The van der Waals surface area contributed by atoms with Crippen molar-refractivity contribution in [2.45, 2.75) is 23.1 Å². The quantitative estimate of drug-likeness (QED) is 0.800. The van der Waals surface area contributed by atoms with E-state index in [1.54, 1.807) is 12.1 Å². The van der Waals surface area contributed by atoms with Crippen molar-refractivity contribution in [1.82, 2.24) is 4.31 Å². The highest BCUT2D eigenvalue weighted by molar-refractivity contribution is 7.91. The highest BCUT2D eigenvalue weighted by Gasteiger charge is 2.30. The Morgan fingerprint density at radius 1 is 1.59 bits per heavy atom. The van der Waals surface area contributed by atoms with Crippen LogP contribution in [0.4, 0.5) is 0 Å². The maximum absolute atomic E-state index is 12.3. The second kappa shape index (κ2) is 5.24. The van der Waals surface area contributed by atoms with Crippen molar-refractivity contribution in [2.75, 3.05) is 19.7 Å². The van der Waals surface area contributed by atoms with Crippen LogP contribution in [0.1, 0.15) is 11.8 Å². The molecule has 1 saturated heterocycles. The number of sulfonamides is 1. The van der Waals surface area contributed by atoms with Crippen LogP contribution < -0.4 is 0 Å². The SMILES string of the molecule is CC1CN(S(=O)(=O)c2ccc(CCl)s2)CCO1. The third kappa shape index (κ3) is 2.82. The molecule has 0 saturated carbocycles. The van der Waals surface area contributed by atoms with Gasteiger partial charge in [0.2, 0.25) is 0 Å². The first-order valence-corrected chi connectivity index (χ1v) is 8.09. The van der Waals surface area contributed by atoms with Crippen molar-refractivity contribution in [2.24, 2.45) is 0 Å². The summed E-state index contributed by atoms with van der Waals surface area (Å²) in [6.07, 6.45) is -0.0500. The van der Waals surface area contributed by atoms with Gasteiger partial charge in [-0.2, -0.15) is 4.31 Å². The molecule has 1 aromatic rings. The van der Waals surface area contributed by atoms with Gasteiger partial charge in [0.15, 0.2) is 0 Å². The number of morpholine rings is 1. The first-order chi connectivity index (χ1) is 8.04. The summed E-state index contributed by atoms with van der Waals surface area (Å²) in [5.74, 6) is 0.347. The third-order valence-electron chi connectivity index (χ3n) is 2.57. The zero-order valence-corrected chi connectivity index (χ0v) is 11.8.